The van der Waals surface area contributed by atoms with E-state index in [9.17, 15) is 14.4 Å². The second-order valence-corrected chi connectivity index (χ2v) is 18.1. The zero-order valence-electron chi connectivity index (χ0n) is 42.3. The highest BCUT2D eigenvalue weighted by molar-refractivity contribution is 5.71. The van der Waals surface area contributed by atoms with Gasteiger partial charge in [0.25, 0.3) is 0 Å². The van der Waals surface area contributed by atoms with Gasteiger partial charge in [0.05, 0.1) is 0 Å². The van der Waals surface area contributed by atoms with Gasteiger partial charge in [0.15, 0.2) is 6.10 Å². The van der Waals surface area contributed by atoms with E-state index in [1.807, 2.05) is 0 Å². The Morgan fingerprint density at radius 2 is 0.578 bits per heavy atom. The molecule has 370 valence electrons. The molecule has 0 fully saturated rings. The van der Waals surface area contributed by atoms with E-state index in [0.29, 0.717) is 19.3 Å². The van der Waals surface area contributed by atoms with Crippen molar-refractivity contribution < 1.29 is 28.6 Å². The summed E-state index contributed by atoms with van der Waals surface area (Å²) in [5.41, 5.74) is 0. The maximum absolute atomic E-state index is 12.8. The van der Waals surface area contributed by atoms with Crippen molar-refractivity contribution >= 4 is 17.9 Å². The molecule has 6 heteroatoms. The molecule has 0 amide bonds. The van der Waals surface area contributed by atoms with Gasteiger partial charge in [-0.3, -0.25) is 14.4 Å². The number of allylic oxidation sites excluding steroid dienone is 10. The molecule has 0 aliphatic carbocycles. The van der Waals surface area contributed by atoms with Gasteiger partial charge < -0.3 is 14.2 Å². The molecule has 0 N–H and O–H groups in total. The molecular weight excluding hydrogens is 793 g/mol. The average molecular weight is 895 g/mol. The van der Waals surface area contributed by atoms with Crippen molar-refractivity contribution in [2.24, 2.45) is 0 Å². The van der Waals surface area contributed by atoms with Gasteiger partial charge in [-0.2, -0.15) is 0 Å². The van der Waals surface area contributed by atoms with E-state index >= 15 is 0 Å². The minimum Gasteiger partial charge on any atom is -0.462 e. The molecular formula is C58H102O6. The van der Waals surface area contributed by atoms with Gasteiger partial charge in [0.1, 0.15) is 13.2 Å². The predicted molar refractivity (Wildman–Crippen MR) is 275 cm³/mol. The number of rotatable bonds is 49. The van der Waals surface area contributed by atoms with Crippen molar-refractivity contribution in [3.63, 3.8) is 0 Å². The molecule has 0 aliphatic rings. The van der Waals surface area contributed by atoms with Crippen molar-refractivity contribution in [1.29, 1.82) is 0 Å². The van der Waals surface area contributed by atoms with Crippen LogP contribution in [0.2, 0.25) is 0 Å². The van der Waals surface area contributed by atoms with Crippen LogP contribution in [0.4, 0.5) is 0 Å². The highest BCUT2D eigenvalue weighted by atomic mass is 16.6. The van der Waals surface area contributed by atoms with Gasteiger partial charge in [-0.1, -0.05) is 229 Å². The largest absolute Gasteiger partial charge is 0.462 e. The molecule has 1 atom stereocenters. The summed E-state index contributed by atoms with van der Waals surface area (Å²) in [4.78, 5) is 37.9. The maximum atomic E-state index is 12.8. The van der Waals surface area contributed by atoms with Crippen molar-refractivity contribution in [3.8, 4) is 0 Å². The van der Waals surface area contributed by atoms with Gasteiger partial charge in [-0.05, 0) is 83.5 Å². The lowest BCUT2D eigenvalue weighted by atomic mass is 10.1. The van der Waals surface area contributed by atoms with Crippen LogP contribution < -0.4 is 0 Å². The fourth-order valence-electron chi connectivity index (χ4n) is 7.58. The molecule has 6 nitrogen and oxygen atoms in total. The van der Waals surface area contributed by atoms with Crippen LogP contribution in [0, 0.1) is 0 Å². The average Bonchev–Trinajstić information content (AvgIpc) is 3.29. The highest BCUT2D eigenvalue weighted by Gasteiger charge is 2.19. The summed E-state index contributed by atoms with van der Waals surface area (Å²) < 4.78 is 16.8. The van der Waals surface area contributed by atoms with Gasteiger partial charge in [-0.15, -0.1) is 0 Å². The normalized spacial score (nSPS) is 12.5. The Hall–Kier alpha value is -2.89. The number of carbonyl (C=O) groups is 3. The molecule has 0 aliphatic heterocycles. The third-order valence-electron chi connectivity index (χ3n) is 11.7. The summed E-state index contributed by atoms with van der Waals surface area (Å²) >= 11 is 0. The van der Waals surface area contributed by atoms with E-state index < -0.39 is 6.10 Å². The Morgan fingerprint density at radius 3 is 0.922 bits per heavy atom. The number of carbonyl (C=O) groups excluding carboxylic acids is 3. The highest BCUT2D eigenvalue weighted by Crippen LogP contribution is 2.15. The quantitative estimate of drug-likeness (QED) is 0.0262. The molecule has 0 radical (unpaired) electrons. The second kappa shape index (κ2) is 52.7. The predicted octanol–water partition coefficient (Wildman–Crippen LogP) is 18.0. The Morgan fingerprint density at radius 1 is 0.312 bits per heavy atom. The summed E-state index contributed by atoms with van der Waals surface area (Å²) in [6.45, 7) is 6.56. The Kier molecular flexibility index (Phi) is 50.4. The number of unbranched alkanes of at least 4 members (excludes halogenated alkanes) is 28. The molecule has 0 aromatic heterocycles. The Bertz CT molecular complexity index is 1170. The van der Waals surface area contributed by atoms with Crippen LogP contribution in [0.5, 0.6) is 0 Å². The summed E-state index contributed by atoms with van der Waals surface area (Å²) in [7, 11) is 0. The molecule has 0 rings (SSSR count). The van der Waals surface area contributed by atoms with E-state index in [2.05, 4.69) is 81.5 Å². The van der Waals surface area contributed by atoms with Crippen LogP contribution in [0.25, 0.3) is 0 Å². The lowest BCUT2D eigenvalue weighted by Crippen LogP contribution is -2.30. The lowest BCUT2D eigenvalue weighted by Gasteiger charge is -2.18. The molecule has 0 spiro atoms. The molecule has 0 aromatic carbocycles. The lowest BCUT2D eigenvalue weighted by molar-refractivity contribution is -0.167. The third-order valence-corrected chi connectivity index (χ3v) is 11.7. The first-order valence-corrected chi connectivity index (χ1v) is 27.3. The van der Waals surface area contributed by atoms with Crippen LogP contribution >= 0.6 is 0 Å². The van der Waals surface area contributed by atoms with Crippen LogP contribution in [-0.4, -0.2) is 37.2 Å². The zero-order valence-corrected chi connectivity index (χ0v) is 42.3. The topological polar surface area (TPSA) is 78.9 Å². The minimum atomic E-state index is -0.781. The van der Waals surface area contributed by atoms with E-state index in [-0.39, 0.29) is 31.1 Å². The Labute approximate surface area is 396 Å². The van der Waals surface area contributed by atoms with Gasteiger partial charge in [-0.25, -0.2) is 0 Å². The second-order valence-electron chi connectivity index (χ2n) is 18.1. The van der Waals surface area contributed by atoms with Crippen LogP contribution in [0.15, 0.2) is 60.8 Å². The zero-order chi connectivity index (χ0) is 46.5. The fourth-order valence-corrected chi connectivity index (χ4v) is 7.58. The maximum Gasteiger partial charge on any atom is 0.306 e. The number of hydrogen-bond donors (Lipinski definition) is 0. The van der Waals surface area contributed by atoms with Gasteiger partial charge >= 0.3 is 17.9 Å². The summed E-state index contributed by atoms with van der Waals surface area (Å²) in [5.74, 6) is -0.900. The number of esters is 3. The van der Waals surface area contributed by atoms with Crippen LogP contribution in [0.1, 0.15) is 271 Å². The first-order valence-electron chi connectivity index (χ1n) is 27.3. The monoisotopic (exact) mass is 895 g/mol. The van der Waals surface area contributed by atoms with E-state index in [0.717, 1.165) is 103 Å². The molecule has 0 heterocycles. The third kappa shape index (κ3) is 50.1. The standard InChI is InChI=1S/C58H102O6/c1-4-7-10-13-16-19-21-23-25-26-27-28-29-30-31-32-33-35-36-39-42-45-48-51-57(60)63-54-55(53-62-56(59)50-47-44-41-38-18-15-12-9-6-3)64-58(61)52-49-46-43-40-37-34-24-22-20-17-14-11-8-5-2/h14,17,21-24,26-27,29-30,55H,4-13,15-16,18-20,25,28,31-54H2,1-3H3/b17-14-,23-21-,24-22-,27-26-,30-29-. The number of hydrogen-bond acceptors (Lipinski definition) is 6. The van der Waals surface area contributed by atoms with Crippen LogP contribution in [-0.2, 0) is 28.6 Å². The van der Waals surface area contributed by atoms with E-state index in [1.165, 1.54) is 128 Å². The summed E-state index contributed by atoms with van der Waals surface area (Å²) in [5, 5.41) is 0. The van der Waals surface area contributed by atoms with E-state index in [1.54, 1.807) is 0 Å². The molecule has 64 heavy (non-hydrogen) atoms. The Balaban J connectivity index is 4.27. The van der Waals surface area contributed by atoms with Gasteiger partial charge in [0.2, 0.25) is 0 Å². The van der Waals surface area contributed by atoms with Gasteiger partial charge in [0, 0.05) is 19.3 Å². The van der Waals surface area contributed by atoms with Crippen molar-refractivity contribution in [3.05, 3.63) is 60.8 Å². The summed E-state index contributed by atoms with van der Waals surface area (Å²) in [6, 6.07) is 0. The van der Waals surface area contributed by atoms with E-state index in [4.69, 9.17) is 14.2 Å². The van der Waals surface area contributed by atoms with Crippen molar-refractivity contribution in [2.45, 2.75) is 277 Å². The van der Waals surface area contributed by atoms with Crippen molar-refractivity contribution in [2.75, 3.05) is 13.2 Å². The fraction of sp³-hybridized carbons (Fsp3) is 0.776. The first kappa shape index (κ1) is 61.1. The number of ether oxygens (including phenoxy) is 3. The molecule has 0 saturated carbocycles. The smallest absolute Gasteiger partial charge is 0.306 e. The minimum absolute atomic E-state index is 0.0809. The van der Waals surface area contributed by atoms with Crippen molar-refractivity contribution in [1.82, 2.24) is 0 Å². The SMILES string of the molecule is CCCC/C=C\C/C=C\CCCCCCCC(=O)OC(COC(=O)CCCCCCCCCCC)COC(=O)CCCCCCCCCC/C=C\C/C=C\C/C=C\CCCCCCC. The molecule has 0 bridgehead atoms. The molecule has 1 unspecified atom stereocenters. The molecule has 0 saturated heterocycles. The summed E-state index contributed by atoms with van der Waals surface area (Å²) in [6.07, 6.45) is 65.0. The first-order chi connectivity index (χ1) is 31.5. The van der Waals surface area contributed by atoms with Crippen LogP contribution in [0.3, 0.4) is 0 Å². The molecule has 0 aromatic rings.